The number of aryl methyl sites for hydroxylation is 2. The van der Waals surface area contributed by atoms with Crippen LogP contribution >= 0.6 is 35.4 Å². The predicted octanol–water partition coefficient (Wildman–Crippen LogP) is 4.91. The van der Waals surface area contributed by atoms with Gasteiger partial charge < -0.3 is 0 Å². The van der Waals surface area contributed by atoms with Crippen molar-refractivity contribution in [1.29, 1.82) is 0 Å². The molecule has 0 fully saturated rings. The summed E-state index contributed by atoms with van der Waals surface area (Å²) in [7, 11) is 0. The second-order valence-corrected chi connectivity index (χ2v) is 6.30. The van der Waals surface area contributed by atoms with E-state index in [9.17, 15) is 0 Å². The van der Waals surface area contributed by atoms with Gasteiger partial charge in [-0.3, -0.25) is 5.10 Å². The van der Waals surface area contributed by atoms with Crippen LogP contribution < -0.4 is 0 Å². The molecule has 0 bridgehead atoms. The third-order valence-electron chi connectivity index (χ3n) is 3.49. The lowest BCUT2D eigenvalue weighted by Crippen LogP contribution is -2.01. The monoisotopic (exact) mass is 376 g/mol. The van der Waals surface area contributed by atoms with Gasteiger partial charge in [-0.25, -0.2) is 0 Å². The number of halogens is 2. The summed E-state index contributed by atoms with van der Waals surface area (Å²) >= 11 is 17.4. The van der Waals surface area contributed by atoms with Crippen LogP contribution in [0.1, 0.15) is 17.0 Å². The molecule has 0 unspecified atom stereocenters. The highest BCUT2D eigenvalue weighted by Gasteiger charge is 2.06. The zero-order valence-corrected chi connectivity index (χ0v) is 14.9. The Morgan fingerprint density at radius 2 is 1.88 bits per heavy atom. The fraction of sp³-hybridized carbons (Fsp3) is 0.118. The molecular weight excluding hydrogens is 363 g/mol. The molecular formula is C17H14Cl2N4S. The first-order valence-electron chi connectivity index (χ1n) is 7.34. The molecule has 0 spiro atoms. The van der Waals surface area contributed by atoms with Gasteiger partial charge in [-0.1, -0.05) is 65.7 Å². The minimum Gasteiger partial charge on any atom is -0.250 e. The molecule has 2 aromatic carbocycles. The highest BCUT2D eigenvalue weighted by molar-refractivity contribution is 7.71. The fourth-order valence-electron chi connectivity index (χ4n) is 2.25. The van der Waals surface area contributed by atoms with Crippen molar-refractivity contribution >= 4 is 41.6 Å². The first-order valence-corrected chi connectivity index (χ1v) is 8.50. The molecule has 1 N–H and O–H groups in total. The number of hydrogen-bond acceptors (Lipinski definition) is 3. The summed E-state index contributed by atoms with van der Waals surface area (Å²) < 4.78 is 2.04. The van der Waals surface area contributed by atoms with Gasteiger partial charge in [0.2, 0.25) is 4.77 Å². The maximum absolute atomic E-state index is 6.17. The summed E-state index contributed by atoms with van der Waals surface area (Å²) in [6, 6.07) is 15.6. The van der Waals surface area contributed by atoms with Gasteiger partial charge in [-0.2, -0.15) is 14.9 Å². The first-order chi connectivity index (χ1) is 11.6. The van der Waals surface area contributed by atoms with Gasteiger partial charge in [0.15, 0.2) is 5.82 Å². The Morgan fingerprint density at radius 1 is 1.08 bits per heavy atom. The van der Waals surface area contributed by atoms with Crippen molar-refractivity contribution in [2.75, 3.05) is 0 Å². The molecule has 0 amide bonds. The smallest absolute Gasteiger partial charge is 0.216 e. The minimum absolute atomic E-state index is 0.437. The molecule has 0 aliphatic rings. The van der Waals surface area contributed by atoms with E-state index in [2.05, 4.69) is 27.4 Å². The topological polar surface area (TPSA) is 46.0 Å². The normalized spacial score (nSPS) is 11.2. The van der Waals surface area contributed by atoms with Crippen molar-refractivity contribution < 1.29 is 0 Å². The summed E-state index contributed by atoms with van der Waals surface area (Å²) in [6.07, 6.45) is 3.21. The molecule has 0 saturated carbocycles. The molecule has 0 aliphatic heterocycles. The second-order valence-electron chi connectivity index (χ2n) is 5.13. The molecule has 24 heavy (non-hydrogen) atoms. The van der Waals surface area contributed by atoms with Gasteiger partial charge in [0.25, 0.3) is 0 Å². The first kappa shape index (κ1) is 16.9. The maximum Gasteiger partial charge on any atom is 0.216 e. The molecule has 4 nitrogen and oxygen atoms in total. The zero-order valence-electron chi connectivity index (χ0n) is 12.6. The van der Waals surface area contributed by atoms with Crippen LogP contribution in [0.5, 0.6) is 0 Å². The molecule has 3 rings (SSSR count). The number of nitrogens with one attached hydrogen (secondary N) is 1. The quantitative estimate of drug-likeness (QED) is 0.507. The van der Waals surface area contributed by atoms with Crippen LogP contribution in [0.15, 0.2) is 53.6 Å². The van der Waals surface area contributed by atoms with Crippen molar-refractivity contribution in [3.8, 4) is 0 Å². The molecule has 0 aliphatic carbocycles. The highest BCUT2D eigenvalue weighted by atomic mass is 35.5. The molecule has 0 atom stereocenters. The number of rotatable bonds is 5. The lowest BCUT2D eigenvalue weighted by Gasteiger charge is -2.03. The molecule has 1 aromatic heterocycles. The average molecular weight is 377 g/mol. The lowest BCUT2D eigenvalue weighted by atomic mass is 10.1. The van der Waals surface area contributed by atoms with E-state index in [1.54, 1.807) is 17.0 Å². The number of H-pyrrole nitrogens is 1. The maximum atomic E-state index is 6.17. The molecule has 0 saturated heterocycles. The Morgan fingerprint density at radius 3 is 2.67 bits per heavy atom. The SMILES string of the molecule is S=c1[nH]nc(CCc2ccccc2)n1/N=C\c1cccc(Cl)c1Cl. The lowest BCUT2D eigenvalue weighted by molar-refractivity contribution is 0.750. The highest BCUT2D eigenvalue weighted by Crippen LogP contribution is 2.24. The number of benzene rings is 2. The average Bonchev–Trinajstić information content (AvgIpc) is 2.95. The van der Waals surface area contributed by atoms with Crippen molar-refractivity contribution in [1.82, 2.24) is 14.9 Å². The van der Waals surface area contributed by atoms with Crippen LogP contribution in [0.25, 0.3) is 0 Å². The van der Waals surface area contributed by atoms with Crippen LogP contribution in [0.4, 0.5) is 0 Å². The van der Waals surface area contributed by atoms with Crippen LogP contribution in [0.2, 0.25) is 10.0 Å². The van der Waals surface area contributed by atoms with E-state index in [-0.39, 0.29) is 0 Å². The van der Waals surface area contributed by atoms with Crippen molar-refractivity contribution in [2.45, 2.75) is 12.8 Å². The van der Waals surface area contributed by atoms with Gasteiger partial charge >= 0.3 is 0 Å². The van der Waals surface area contributed by atoms with Gasteiger partial charge in [0.1, 0.15) is 0 Å². The van der Waals surface area contributed by atoms with Crippen LogP contribution in [-0.4, -0.2) is 21.1 Å². The Hall–Kier alpha value is -1.95. The van der Waals surface area contributed by atoms with E-state index in [1.165, 1.54) is 5.56 Å². The Bertz CT molecular complexity index is 916. The van der Waals surface area contributed by atoms with E-state index in [1.807, 2.05) is 30.3 Å². The Balaban J connectivity index is 1.81. The van der Waals surface area contributed by atoms with E-state index in [0.717, 1.165) is 24.2 Å². The van der Waals surface area contributed by atoms with Gasteiger partial charge in [0.05, 0.1) is 16.3 Å². The summed E-state index contributed by atoms with van der Waals surface area (Å²) in [5.74, 6) is 0.762. The fourth-order valence-corrected chi connectivity index (χ4v) is 2.80. The largest absolute Gasteiger partial charge is 0.250 e. The van der Waals surface area contributed by atoms with Crippen LogP contribution in [-0.2, 0) is 12.8 Å². The van der Waals surface area contributed by atoms with E-state index in [4.69, 9.17) is 35.4 Å². The second kappa shape index (κ2) is 7.75. The zero-order chi connectivity index (χ0) is 16.9. The van der Waals surface area contributed by atoms with Crippen LogP contribution in [0, 0.1) is 4.77 Å². The Labute approximate surface area is 154 Å². The molecule has 3 aromatic rings. The number of aromatic amines is 1. The third-order valence-corrected chi connectivity index (χ3v) is 4.59. The standard InChI is InChI=1S/C17H14Cl2N4S/c18-14-8-4-7-13(16(14)19)11-20-23-15(21-22-17(23)24)10-9-12-5-2-1-3-6-12/h1-8,11H,9-10H2,(H,22,24)/b20-11-. The molecule has 7 heteroatoms. The molecule has 0 radical (unpaired) electrons. The van der Waals surface area contributed by atoms with E-state index < -0.39 is 0 Å². The van der Waals surface area contributed by atoms with Crippen molar-refractivity contribution in [3.05, 3.63) is 80.3 Å². The van der Waals surface area contributed by atoms with Crippen molar-refractivity contribution in [2.24, 2.45) is 5.10 Å². The minimum atomic E-state index is 0.437. The summed E-state index contributed by atoms with van der Waals surface area (Å²) in [6.45, 7) is 0. The van der Waals surface area contributed by atoms with Gasteiger partial charge in [0, 0.05) is 12.0 Å². The van der Waals surface area contributed by atoms with Crippen LogP contribution in [0.3, 0.4) is 0 Å². The number of aromatic nitrogens is 3. The van der Waals surface area contributed by atoms with Gasteiger partial charge in [-0.15, -0.1) is 0 Å². The Kier molecular flexibility index (Phi) is 5.45. The summed E-state index contributed by atoms with van der Waals surface area (Å²) in [4.78, 5) is 0. The third kappa shape index (κ3) is 3.93. The van der Waals surface area contributed by atoms with E-state index >= 15 is 0 Å². The summed E-state index contributed by atoms with van der Waals surface area (Å²) in [5, 5.41) is 12.4. The molecule has 122 valence electrons. The predicted molar refractivity (Wildman–Crippen MR) is 101 cm³/mol. The number of nitrogens with zero attached hydrogens (tertiary/aromatic N) is 3. The van der Waals surface area contributed by atoms with E-state index in [0.29, 0.717) is 14.8 Å². The molecule has 1 heterocycles. The van der Waals surface area contributed by atoms with Gasteiger partial charge in [-0.05, 0) is 30.3 Å². The number of hydrogen-bond donors (Lipinski definition) is 1. The van der Waals surface area contributed by atoms with Crippen molar-refractivity contribution in [3.63, 3.8) is 0 Å². The summed E-state index contributed by atoms with van der Waals surface area (Å²) in [5.41, 5.74) is 1.96.